The molecule has 0 aromatic heterocycles. The third-order valence-corrected chi connectivity index (χ3v) is 2.38. The predicted molar refractivity (Wildman–Crippen MR) is 33.1 cm³/mol. The number of nitrogens with zero attached hydrogens (tertiary/aromatic N) is 1. The number of likely N-dealkylation sites (tertiary alicyclic amines) is 1. The van der Waals surface area contributed by atoms with Crippen LogP contribution in [-0.4, -0.2) is 18.0 Å². The van der Waals surface area contributed by atoms with Gasteiger partial charge in [0.15, 0.2) is 0 Å². The Labute approximate surface area is 50.7 Å². The van der Waals surface area contributed by atoms with Crippen LogP contribution in [0.1, 0.15) is 12.8 Å². The topological polar surface area (TPSA) is 3.24 Å². The van der Waals surface area contributed by atoms with Crippen molar-refractivity contribution in [1.29, 1.82) is 0 Å². The number of fused-ring (bicyclic) bond motifs is 1. The smallest absolute Gasteiger partial charge is 0.0272 e. The van der Waals surface area contributed by atoms with Crippen LogP contribution >= 0.6 is 0 Å². The molecule has 0 aromatic carbocycles. The fourth-order valence-corrected chi connectivity index (χ4v) is 1.66. The van der Waals surface area contributed by atoms with Crippen LogP contribution in [0.5, 0.6) is 0 Å². The summed E-state index contributed by atoms with van der Waals surface area (Å²) in [5.74, 6) is 2.15. The maximum Gasteiger partial charge on any atom is -0.0272 e. The summed E-state index contributed by atoms with van der Waals surface area (Å²) in [7, 11) is 3.91. The van der Waals surface area contributed by atoms with Crippen LogP contribution in [0.15, 0.2) is 0 Å². The van der Waals surface area contributed by atoms with Crippen molar-refractivity contribution in [3.63, 3.8) is 0 Å². The van der Waals surface area contributed by atoms with Gasteiger partial charge in [0.2, 0.25) is 0 Å². The van der Waals surface area contributed by atoms with Crippen LogP contribution in [0.2, 0.25) is 0 Å². The molecule has 0 radical (unpaired) electrons. The van der Waals surface area contributed by atoms with Crippen molar-refractivity contribution >= 4 is 0 Å². The molecule has 1 aliphatic heterocycles. The Bertz CT molecular complexity index is 101. The quantitative estimate of drug-likeness (QED) is 0.422. The number of rotatable bonds is 0. The lowest BCUT2D eigenvalue weighted by Crippen LogP contribution is -2.24. The number of hydrogen-bond donors (Lipinski definition) is 0. The minimum absolute atomic E-state index is 1.04. The molecule has 1 saturated heterocycles. The number of piperidine rings is 1. The summed E-state index contributed by atoms with van der Waals surface area (Å²) in [5.41, 5.74) is 0. The molecule has 2 atom stereocenters. The van der Waals surface area contributed by atoms with E-state index in [0.29, 0.717) is 0 Å². The van der Waals surface area contributed by atoms with E-state index in [4.69, 9.17) is 0 Å². The Morgan fingerprint density at radius 2 is 2.25 bits per heavy atom. The van der Waals surface area contributed by atoms with Gasteiger partial charge in [-0.15, -0.1) is 0 Å². The second-order valence-electron chi connectivity index (χ2n) is 3.12. The minimum Gasteiger partial charge on any atom is -0.459 e. The van der Waals surface area contributed by atoms with E-state index in [1.54, 1.807) is 0 Å². The first kappa shape index (κ1) is 4.80. The monoisotopic (exact) mass is 110 g/mol. The summed E-state index contributed by atoms with van der Waals surface area (Å²) in [6.45, 7) is 2.51. The molecule has 46 valence electrons. The molecule has 1 heteroatoms. The largest absolute Gasteiger partial charge is 0.459 e. The van der Waals surface area contributed by atoms with E-state index >= 15 is 0 Å². The number of hydrogen-bond acceptors (Lipinski definition) is 1. The van der Waals surface area contributed by atoms with Gasteiger partial charge < -0.3 is 4.90 Å². The summed E-state index contributed by atoms with van der Waals surface area (Å²) in [4.78, 5) is 2.20. The summed E-state index contributed by atoms with van der Waals surface area (Å²) >= 11 is 0. The van der Waals surface area contributed by atoms with Gasteiger partial charge in [-0.2, -0.15) is 0 Å². The summed E-state index contributed by atoms with van der Waals surface area (Å²) in [6, 6.07) is 0. The van der Waals surface area contributed by atoms with Gasteiger partial charge in [-0.25, -0.2) is 0 Å². The van der Waals surface area contributed by atoms with Gasteiger partial charge in [-0.1, -0.05) is 0 Å². The Hall–Kier alpha value is -0.0400. The average Bonchev–Trinajstić information content (AvgIpc) is 2.43. The maximum absolute atomic E-state index is 3.91. The highest BCUT2D eigenvalue weighted by molar-refractivity contribution is 4.92. The highest BCUT2D eigenvalue weighted by Gasteiger charge is 2.38. The van der Waals surface area contributed by atoms with Gasteiger partial charge >= 0.3 is 0 Å². The molecule has 8 heavy (non-hydrogen) atoms. The molecule has 2 fully saturated rings. The molecule has 1 nitrogen and oxygen atoms in total. The lowest BCUT2D eigenvalue weighted by Gasteiger charge is -2.28. The summed E-state index contributed by atoms with van der Waals surface area (Å²) in [6.07, 6.45) is 2.90. The average molecular weight is 110 g/mol. The Morgan fingerprint density at radius 1 is 1.38 bits per heavy atom. The van der Waals surface area contributed by atoms with Gasteiger partial charge in [-0.05, 0) is 37.8 Å². The van der Waals surface area contributed by atoms with Gasteiger partial charge in [0.05, 0.1) is 0 Å². The van der Waals surface area contributed by atoms with Crippen LogP contribution in [0, 0.1) is 18.9 Å². The van der Waals surface area contributed by atoms with E-state index < -0.39 is 0 Å². The minimum atomic E-state index is 1.04. The van der Waals surface area contributed by atoms with Crippen molar-refractivity contribution < 1.29 is 0 Å². The molecular formula is C7H12N-. The highest BCUT2D eigenvalue weighted by atomic mass is 15.1. The molecule has 0 amide bonds. The zero-order valence-corrected chi connectivity index (χ0v) is 5.14. The third-order valence-electron chi connectivity index (χ3n) is 2.38. The molecule has 0 N–H and O–H groups in total. The SMILES string of the molecule is [CH2-]N1CCC2CC2C1. The molecule has 1 aliphatic carbocycles. The molecule has 0 spiro atoms. The van der Waals surface area contributed by atoms with E-state index in [1.165, 1.54) is 25.9 Å². The highest BCUT2D eigenvalue weighted by Crippen LogP contribution is 2.44. The molecule has 2 unspecified atom stereocenters. The van der Waals surface area contributed by atoms with Crippen molar-refractivity contribution in [2.75, 3.05) is 13.1 Å². The van der Waals surface area contributed by atoms with E-state index in [0.717, 1.165) is 11.8 Å². The van der Waals surface area contributed by atoms with Gasteiger partial charge in [0.1, 0.15) is 0 Å². The maximum atomic E-state index is 3.91. The van der Waals surface area contributed by atoms with Crippen molar-refractivity contribution in [2.45, 2.75) is 12.8 Å². The second-order valence-corrected chi connectivity index (χ2v) is 3.12. The molecule has 2 aliphatic rings. The Balaban J connectivity index is 1.93. The fourth-order valence-electron chi connectivity index (χ4n) is 1.66. The molecule has 1 saturated carbocycles. The van der Waals surface area contributed by atoms with Crippen molar-refractivity contribution in [2.24, 2.45) is 11.8 Å². The molecular weight excluding hydrogens is 98.1 g/mol. The zero-order valence-electron chi connectivity index (χ0n) is 5.14. The molecule has 0 bridgehead atoms. The van der Waals surface area contributed by atoms with E-state index in [1.807, 2.05) is 0 Å². The van der Waals surface area contributed by atoms with Crippen molar-refractivity contribution in [1.82, 2.24) is 4.90 Å². The third kappa shape index (κ3) is 0.655. The molecule has 1 heterocycles. The van der Waals surface area contributed by atoms with Gasteiger partial charge in [-0.3, -0.25) is 7.05 Å². The standard InChI is InChI=1S/C7H12N/c1-8-3-2-6-4-7(6)5-8/h6-7H,1-5H2/q-1. The first-order valence-corrected chi connectivity index (χ1v) is 3.42. The first-order chi connectivity index (χ1) is 3.86. The predicted octanol–water partition coefficient (Wildman–Crippen LogP) is 1.12. The van der Waals surface area contributed by atoms with E-state index in [-0.39, 0.29) is 0 Å². The van der Waals surface area contributed by atoms with Crippen molar-refractivity contribution in [3.8, 4) is 0 Å². The Morgan fingerprint density at radius 3 is 2.88 bits per heavy atom. The van der Waals surface area contributed by atoms with Crippen LogP contribution in [0.3, 0.4) is 0 Å². The lowest BCUT2D eigenvalue weighted by atomic mass is 10.1. The van der Waals surface area contributed by atoms with Crippen molar-refractivity contribution in [3.05, 3.63) is 7.05 Å². The van der Waals surface area contributed by atoms with E-state index in [2.05, 4.69) is 11.9 Å². The van der Waals surface area contributed by atoms with E-state index in [9.17, 15) is 0 Å². The first-order valence-electron chi connectivity index (χ1n) is 3.42. The van der Waals surface area contributed by atoms with Gasteiger partial charge in [0.25, 0.3) is 0 Å². The molecule has 0 aromatic rings. The van der Waals surface area contributed by atoms with Crippen LogP contribution < -0.4 is 0 Å². The molecule has 2 rings (SSSR count). The normalized spacial score (nSPS) is 46.1. The second kappa shape index (κ2) is 1.47. The van der Waals surface area contributed by atoms with Gasteiger partial charge in [0, 0.05) is 0 Å². The zero-order chi connectivity index (χ0) is 5.56. The summed E-state index contributed by atoms with van der Waals surface area (Å²) in [5, 5.41) is 0. The Kier molecular flexibility index (Phi) is 0.884. The summed E-state index contributed by atoms with van der Waals surface area (Å²) < 4.78 is 0. The lowest BCUT2D eigenvalue weighted by molar-refractivity contribution is 0.293. The van der Waals surface area contributed by atoms with Crippen LogP contribution in [-0.2, 0) is 0 Å². The van der Waals surface area contributed by atoms with Crippen LogP contribution in [0.25, 0.3) is 0 Å². The fraction of sp³-hybridized carbons (Fsp3) is 0.857. The van der Waals surface area contributed by atoms with Crippen LogP contribution in [0.4, 0.5) is 0 Å².